The average Bonchev–Trinajstić information content (AvgIpc) is 3.17. The Hall–Kier alpha value is -3.94. The molecule has 32 heavy (non-hydrogen) atoms. The highest BCUT2D eigenvalue weighted by Gasteiger charge is 2.30. The summed E-state index contributed by atoms with van der Waals surface area (Å²) in [6.07, 6.45) is 4.42. The molecule has 8 nitrogen and oxygen atoms in total. The maximum absolute atomic E-state index is 13.2. The zero-order valence-electron chi connectivity index (χ0n) is 18.0. The van der Waals surface area contributed by atoms with E-state index in [9.17, 15) is 9.59 Å². The van der Waals surface area contributed by atoms with Crippen LogP contribution in [0.25, 0.3) is 0 Å². The number of ether oxygens (including phenoxy) is 1. The molecule has 1 aromatic carbocycles. The number of anilines is 4. The van der Waals surface area contributed by atoms with Crippen molar-refractivity contribution in [1.82, 2.24) is 9.97 Å². The van der Waals surface area contributed by atoms with E-state index in [-0.39, 0.29) is 11.8 Å². The van der Waals surface area contributed by atoms with Crippen LogP contribution in [0.4, 0.5) is 23.0 Å². The summed E-state index contributed by atoms with van der Waals surface area (Å²) in [4.78, 5) is 37.6. The topological polar surface area (TPSA) is 87.7 Å². The highest BCUT2D eigenvalue weighted by molar-refractivity contribution is 6.12. The van der Waals surface area contributed by atoms with Gasteiger partial charge in [-0.3, -0.25) is 9.59 Å². The average molecular weight is 429 g/mol. The van der Waals surface area contributed by atoms with Crippen LogP contribution in [0.2, 0.25) is 0 Å². The summed E-state index contributed by atoms with van der Waals surface area (Å²) in [5.41, 5.74) is 3.89. The quantitative estimate of drug-likeness (QED) is 0.669. The fraction of sp³-hybridized carbons (Fsp3) is 0.250. The molecule has 2 aliphatic heterocycles. The van der Waals surface area contributed by atoms with Gasteiger partial charge in [0, 0.05) is 43.7 Å². The molecule has 0 radical (unpaired) electrons. The van der Waals surface area contributed by atoms with E-state index in [0.29, 0.717) is 48.9 Å². The first-order valence-electron chi connectivity index (χ1n) is 10.6. The Kier molecular flexibility index (Phi) is 4.97. The van der Waals surface area contributed by atoms with E-state index in [4.69, 9.17) is 4.74 Å². The Balaban J connectivity index is 1.38. The molecule has 0 unspecified atom stereocenters. The minimum absolute atomic E-state index is 0.0235. The molecule has 0 saturated heterocycles. The normalized spacial score (nSPS) is 14.4. The van der Waals surface area contributed by atoms with Crippen LogP contribution in [0, 0.1) is 0 Å². The van der Waals surface area contributed by atoms with Crippen LogP contribution in [0.15, 0.2) is 48.8 Å². The van der Waals surface area contributed by atoms with Crippen LogP contribution in [0.1, 0.15) is 28.4 Å². The molecule has 0 atom stereocenters. The molecule has 1 N–H and O–H groups in total. The number of carbonyl (C=O) groups is 2. The number of hydrogen-bond donors (Lipinski definition) is 1. The van der Waals surface area contributed by atoms with Crippen molar-refractivity contribution in [3.8, 4) is 5.75 Å². The first-order chi connectivity index (χ1) is 15.6. The lowest BCUT2D eigenvalue weighted by atomic mass is 10.1. The van der Waals surface area contributed by atoms with Gasteiger partial charge in [0.25, 0.3) is 5.91 Å². The largest absolute Gasteiger partial charge is 0.493 e. The molecule has 0 saturated carbocycles. The molecule has 2 aliphatic rings. The molecule has 0 bridgehead atoms. The maximum Gasteiger partial charge on any atom is 0.261 e. The van der Waals surface area contributed by atoms with Crippen molar-refractivity contribution in [2.75, 3.05) is 35.3 Å². The van der Waals surface area contributed by atoms with Gasteiger partial charge in [-0.25, -0.2) is 9.97 Å². The highest BCUT2D eigenvalue weighted by Crippen LogP contribution is 2.37. The molecule has 0 fully saturated rings. The maximum atomic E-state index is 13.2. The van der Waals surface area contributed by atoms with E-state index < -0.39 is 0 Å². The number of nitrogens with one attached hydrogen (secondary N) is 1. The lowest BCUT2D eigenvalue weighted by molar-refractivity contribution is -0.115. The Labute approximate surface area is 185 Å². The van der Waals surface area contributed by atoms with Gasteiger partial charge >= 0.3 is 0 Å². The standard InChI is InChI=1S/C24H23N5O3/c1-3-29-22-17(24(31)28(2)19-7-5-10-25-23(19)29)12-15(14-26-22)9-11-32-20-8-4-6-18-16(20)13-21(30)27-18/h4-8,10,12,14H,3,9,11,13H2,1-2H3,(H,27,30). The third kappa shape index (κ3) is 3.33. The van der Waals surface area contributed by atoms with E-state index in [1.54, 1.807) is 24.3 Å². The lowest BCUT2D eigenvalue weighted by Crippen LogP contribution is -2.25. The van der Waals surface area contributed by atoms with E-state index in [2.05, 4.69) is 15.3 Å². The second kappa shape index (κ2) is 7.96. The van der Waals surface area contributed by atoms with Crippen molar-refractivity contribution >= 4 is 34.8 Å². The number of nitrogens with zero attached hydrogens (tertiary/aromatic N) is 4. The minimum Gasteiger partial charge on any atom is -0.493 e. The van der Waals surface area contributed by atoms with E-state index in [0.717, 1.165) is 22.5 Å². The van der Waals surface area contributed by atoms with Gasteiger partial charge in [0.05, 0.1) is 24.3 Å². The van der Waals surface area contributed by atoms with Gasteiger partial charge < -0.3 is 19.9 Å². The summed E-state index contributed by atoms with van der Waals surface area (Å²) < 4.78 is 5.98. The summed E-state index contributed by atoms with van der Waals surface area (Å²) in [7, 11) is 1.76. The Morgan fingerprint density at radius 1 is 1.12 bits per heavy atom. The third-order valence-corrected chi connectivity index (χ3v) is 5.81. The molecular formula is C24H23N5O3. The van der Waals surface area contributed by atoms with Gasteiger partial charge in [0.2, 0.25) is 5.91 Å². The van der Waals surface area contributed by atoms with Crippen LogP contribution in [0.3, 0.4) is 0 Å². The lowest BCUT2D eigenvalue weighted by Gasteiger charge is -2.22. The Morgan fingerprint density at radius 2 is 2.00 bits per heavy atom. The molecule has 0 spiro atoms. The molecule has 162 valence electrons. The zero-order valence-corrected chi connectivity index (χ0v) is 18.0. The van der Waals surface area contributed by atoms with Crippen molar-refractivity contribution in [1.29, 1.82) is 0 Å². The SMILES string of the molecule is CCN1c2ncc(CCOc3cccc4c3CC(=O)N4)cc2C(=O)N(C)c2cccnc21. The zero-order chi connectivity index (χ0) is 22.2. The van der Waals surface area contributed by atoms with Crippen molar-refractivity contribution in [2.45, 2.75) is 19.8 Å². The van der Waals surface area contributed by atoms with Crippen molar-refractivity contribution in [2.24, 2.45) is 0 Å². The van der Waals surface area contributed by atoms with Crippen LogP contribution in [-0.4, -0.2) is 42.0 Å². The summed E-state index contributed by atoms with van der Waals surface area (Å²) >= 11 is 0. The molecule has 2 aromatic heterocycles. The first kappa shape index (κ1) is 20.0. The van der Waals surface area contributed by atoms with E-state index in [1.807, 2.05) is 48.2 Å². The van der Waals surface area contributed by atoms with Crippen molar-refractivity contribution in [3.05, 3.63) is 65.5 Å². The highest BCUT2D eigenvalue weighted by atomic mass is 16.5. The monoisotopic (exact) mass is 429 g/mol. The molecule has 0 aliphatic carbocycles. The smallest absolute Gasteiger partial charge is 0.261 e. The number of aromatic nitrogens is 2. The summed E-state index contributed by atoms with van der Waals surface area (Å²) in [6, 6.07) is 11.2. The van der Waals surface area contributed by atoms with Gasteiger partial charge in [0.1, 0.15) is 11.6 Å². The van der Waals surface area contributed by atoms with Gasteiger partial charge in [-0.15, -0.1) is 0 Å². The number of carbonyl (C=O) groups excluding carboxylic acids is 2. The summed E-state index contributed by atoms with van der Waals surface area (Å²) in [5.74, 6) is 1.89. The van der Waals surface area contributed by atoms with Gasteiger partial charge in [-0.05, 0) is 42.8 Å². The second-order valence-electron chi connectivity index (χ2n) is 7.77. The third-order valence-electron chi connectivity index (χ3n) is 5.81. The van der Waals surface area contributed by atoms with Crippen LogP contribution in [0.5, 0.6) is 5.75 Å². The molecule has 3 aromatic rings. The number of hydrogen-bond acceptors (Lipinski definition) is 6. The van der Waals surface area contributed by atoms with Crippen LogP contribution in [-0.2, 0) is 17.6 Å². The molecule has 4 heterocycles. The van der Waals surface area contributed by atoms with E-state index >= 15 is 0 Å². The number of amides is 2. The Morgan fingerprint density at radius 3 is 2.84 bits per heavy atom. The summed E-state index contributed by atoms with van der Waals surface area (Å²) in [6.45, 7) is 3.06. The van der Waals surface area contributed by atoms with E-state index in [1.165, 1.54) is 0 Å². The van der Waals surface area contributed by atoms with Gasteiger partial charge in [-0.2, -0.15) is 0 Å². The van der Waals surface area contributed by atoms with Crippen molar-refractivity contribution in [3.63, 3.8) is 0 Å². The summed E-state index contributed by atoms with van der Waals surface area (Å²) in [5, 5.41) is 2.83. The molecular weight excluding hydrogens is 406 g/mol. The fourth-order valence-electron chi connectivity index (χ4n) is 4.19. The number of fused-ring (bicyclic) bond motifs is 3. The minimum atomic E-state index is -0.120. The van der Waals surface area contributed by atoms with Gasteiger partial charge in [0.15, 0.2) is 5.82 Å². The predicted molar refractivity (Wildman–Crippen MR) is 122 cm³/mol. The predicted octanol–water partition coefficient (Wildman–Crippen LogP) is 3.34. The van der Waals surface area contributed by atoms with Crippen LogP contribution >= 0.6 is 0 Å². The van der Waals surface area contributed by atoms with Gasteiger partial charge in [-0.1, -0.05) is 6.07 Å². The molecule has 2 amide bonds. The number of benzene rings is 1. The number of rotatable bonds is 5. The molecule has 5 rings (SSSR count). The number of pyridine rings is 2. The molecule has 8 heteroatoms. The van der Waals surface area contributed by atoms with Crippen LogP contribution < -0.4 is 19.9 Å². The second-order valence-corrected chi connectivity index (χ2v) is 7.77. The Bertz CT molecular complexity index is 1230. The first-order valence-corrected chi connectivity index (χ1v) is 10.6. The fourth-order valence-corrected chi connectivity index (χ4v) is 4.19. The van der Waals surface area contributed by atoms with Crippen molar-refractivity contribution < 1.29 is 14.3 Å².